The minimum Gasteiger partial charge on any atom is -0.497 e. The van der Waals surface area contributed by atoms with Crippen LogP contribution in [0.3, 0.4) is 0 Å². The Hall–Kier alpha value is -1.85. The second-order valence-corrected chi connectivity index (χ2v) is 9.65. The lowest BCUT2D eigenvalue weighted by atomic mass is 10.1. The van der Waals surface area contributed by atoms with Gasteiger partial charge in [-0.2, -0.15) is 0 Å². The second kappa shape index (κ2) is 13.0. The molecule has 7 nitrogen and oxygen atoms in total. The van der Waals surface area contributed by atoms with Crippen molar-refractivity contribution in [2.45, 2.75) is 23.8 Å². The number of benzene rings is 2. The van der Waals surface area contributed by atoms with Crippen molar-refractivity contribution in [1.29, 1.82) is 0 Å². The first-order chi connectivity index (χ1) is 15.0. The Morgan fingerprint density at radius 2 is 1.72 bits per heavy atom. The SMILES string of the molecule is CN=C(NCCS(=O)(=O)c1ccccc1)NCC(c1ccc(OC)cc1)N1CCCC1.I. The summed E-state index contributed by atoms with van der Waals surface area (Å²) in [5, 5.41) is 6.50. The third kappa shape index (κ3) is 7.35. The van der Waals surface area contributed by atoms with Crippen LogP contribution in [0.15, 0.2) is 64.5 Å². The van der Waals surface area contributed by atoms with Crippen molar-refractivity contribution in [3.63, 3.8) is 0 Å². The van der Waals surface area contributed by atoms with Crippen LogP contribution < -0.4 is 15.4 Å². The maximum Gasteiger partial charge on any atom is 0.191 e. The minimum atomic E-state index is -3.32. The van der Waals surface area contributed by atoms with E-state index in [-0.39, 0.29) is 42.3 Å². The predicted octanol–water partition coefficient (Wildman–Crippen LogP) is 3.09. The molecule has 2 N–H and O–H groups in total. The lowest BCUT2D eigenvalue weighted by Crippen LogP contribution is -2.43. The van der Waals surface area contributed by atoms with Gasteiger partial charge in [-0.15, -0.1) is 24.0 Å². The zero-order valence-corrected chi connectivity index (χ0v) is 21.8. The Morgan fingerprint density at radius 3 is 2.31 bits per heavy atom. The summed E-state index contributed by atoms with van der Waals surface area (Å²) in [5.41, 5.74) is 1.22. The van der Waals surface area contributed by atoms with Crippen molar-refractivity contribution in [2.24, 2.45) is 4.99 Å². The summed E-state index contributed by atoms with van der Waals surface area (Å²) in [7, 11) is 0.0390. The molecule has 1 unspecified atom stereocenters. The van der Waals surface area contributed by atoms with Crippen LogP contribution in [0.1, 0.15) is 24.4 Å². The Bertz CT molecular complexity index is 947. The summed E-state index contributed by atoms with van der Waals surface area (Å²) < 4.78 is 30.2. The van der Waals surface area contributed by atoms with Gasteiger partial charge in [0.25, 0.3) is 0 Å². The highest BCUT2D eigenvalue weighted by molar-refractivity contribution is 14.0. The van der Waals surface area contributed by atoms with Gasteiger partial charge in [0.15, 0.2) is 15.8 Å². The number of nitrogens with one attached hydrogen (secondary N) is 2. The summed E-state index contributed by atoms with van der Waals surface area (Å²) in [4.78, 5) is 7.08. The Morgan fingerprint density at radius 1 is 1.06 bits per heavy atom. The van der Waals surface area contributed by atoms with Gasteiger partial charge in [0.1, 0.15) is 5.75 Å². The van der Waals surface area contributed by atoms with Crippen LogP contribution in [0.25, 0.3) is 0 Å². The molecule has 1 saturated heterocycles. The molecule has 9 heteroatoms. The molecule has 1 aliphatic rings. The lowest BCUT2D eigenvalue weighted by Gasteiger charge is -2.29. The van der Waals surface area contributed by atoms with E-state index >= 15 is 0 Å². The number of likely N-dealkylation sites (tertiary alicyclic amines) is 1. The van der Waals surface area contributed by atoms with E-state index in [1.807, 2.05) is 18.2 Å². The van der Waals surface area contributed by atoms with E-state index in [1.165, 1.54) is 18.4 Å². The molecule has 0 amide bonds. The van der Waals surface area contributed by atoms with E-state index in [4.69, 9.17) is 4.74 Å². The molecule has 3 rings (SSSR count). The van der Waals surface area contributed by atoms with E-state index in [1.54, 1.807) is 38.4 Å². The number of hydrogen-bond donors (Lipinski definition) is 2. The van der Waals surface area contributed by atoms with Crippen molar-refractivity contribution >= 4 is 39.8 Å². The topological polar surface area (TPSA) is 83.0 Å². The Kier molecular flexibility index (Phi) is 10.7. The van der Waals surface area contributed by atoms with Gasteiger partial charge in [-0.1, -0.05) is 30.3 Å². The highest BCUT2D eigenvalue weighted by atomic mass is 127. The van der Waals surface area contributed by atoms with E-state index in [0.717, 1.165) is 18.8 Å². The molecule has 0 radical (unpaired) electrons. The number of methoxy groups -OCH3 is 1. The molecule has 0 spiro atoms. The normalized spacial score (nSPS) is 15.6. The molecular formula is C23H33IN4O3S. The number of ether oxygens (including phenoxy) is 1. The quantitative estimate of drug-likeness (QED) is 0.273. The average Bonchev–Trinajstić information content (AvgIpc) is 3.33. The number of aliphatic imine (C=N–C) groups is 1. The van der Waals surface area contributed by atoms with Crippen molar-refractivity contribution < 1.29 is 13.2 Å². The van der Waals surface area contributed by atoms with E-state index < -0.39 is 9.84 Å². The van der Waals surface area contributed by atoms with Gasteiger partial charge in [-0.25, -0.2) is 8.42 Å². The zero-order chi connectivity index (χ0) is 22.1. The molecule has 1 heterocycles. The summed E-state index contributed by atoms with van der Waals surface area (Å²) in [6, 6.07) is 16.9. The van der Waals surface area contributed by atoms with Crippen molar-refractivity contribution in [1.82, 2.24) is 15.5 Å². The average molecular weight is 573 g/mol. The first-order valence-electron chi connectivity index (χ1n) is 10.6. The summed E-state index contributed by atoms with van der Waals surface area (Å²) in [5.74, 6) is 1.45. The third-order valence-corrected chi connectivity index (χ3v) is 7.27. The predicted molar refractivity (Wildman–Crippen MR) is 140 cm³/mol. The van der Waals surface area contributed by atoms with E-state index in [0.29, 0.717) is 17.4 Å². The first kappa shape index (κ1) is 26.4. The highest BCUT2D eigenvalue weighted by Gasteiger charge is 2.24. The lowest BCUT2D eigenvalue weighted by molar-refractivity contribution is 0.245. The fourth-order valence-electron chi connectivity index (χ4n) is 3.80. The summed E-state index contributed by atoms with van der Waals surface area (Å²) >= 11 is 0. The van der Waals surface area contributed by atoms with Crippen LogP contribution in [0.2, 0.25) is 0 Å². The summed E-state index contributed by atoms with van der Waals surface area (Å²) in [6.45, 7) is 3.10. The van der Waals surface area contributed by atoms with Gasteiger partial charge in [0.2, 0.25) is 0 Å². The molecule has 0 aliphatic carbocycles. The van der Waals surface area contributed by atoms with Gasteiger partial charge in [-0.05, 0) is 55.8 Å². The fraction of sp³-hybridized carbons (Fsp3) is 0.435. The fourth-order valence-corrected chi connectivity index (χ4v) is 4.98. The van der Waals surface area contributed by atoms with Crippen molar-refractivity contribution in [3.8, 4) is 5.75 Å². The largest absolute Gasteiger partial charge is 0.497 e. The van der Waals surface area contributed by atoms with Gasteiger partial charge in [0, 0.05) is 20.1 Å². The maximum atomic E-state index is 12.5. The minimum absolute atomic E-state index is 0. The van der Waals surface area contributed by atoms with Gasteiger partial charge in [-0.3, -0.25) is 9.89 Å². The standard InChI is InChI=1S/C23H32N4O3S.HI/c1-24-23(25-14-17-31(28,29)21-8-4-3-5-9-21)26-18-22(27-15-6-7-16-27)19-10-12-20(30-2)13-11-19;/h3-5,8-13,22H,6-7,14-18H2,1-2H3,(H2,24,25,26);1H. The van der Waals surface area contributed by atoms with Gasteiger partial charge < -0.3 is 15.4 Å². The van der Waals surface area contributed by atoms with Gasteiger partial charge >= 0.3 is 0 Å². The number of guanidine groups is 1. The number of rotatable bonds is 9. The molecule has 1 aliphatic heterocycles. The molecule has 176 valence electrons. The van der Waals surface area contributed by atoms with Crippen LogP contribution >= 0.6 is 24.0 Å². The third-order valence-electron chi connectivity index (χ3n) is 5.53. The number of halogens is 1. The summed E-state index contributed by atoms with van der Waals surface area (Å²) in [6.07, 6.45) is 2.41. The first-order valence-corrected chi connectivity index (χ1v) is 12.3. The maximum absolute atomic E-state index is 12.5. The van der Waals surface area contributed by atoms with Crippen LogP contribution in [0.5, 0.6) is 5.75 Å². The molecule has 32 heavy (non-hydrogen) atoms. The van der Waals surface area contributed by atoms with Crippen LogP contribution in [-0.2, 0) is 9.84 Å². The zero-order valence-electron chi connectivity index (χ0n) is 18.7. The molecule has 0 aromatic heterocycles. The monoisotopic (exact) mass is 572 g/mol. The molecule has 1 atom stereocenters. The molecular weight excluding hydrogens is 539 g/mol. The molecule has 0 saturated carbocycles. The second-order valence-electron chi connectivity index (χ2n) is 7.54. The highest BCUT2D eigenvalue weighted by Crippen LogP contribution is 2.26. The molecule has 2 aromatic rings. The van der Waals surface area contributed by atoms with E-state index in [9.17, 15) is 8.42 Å². The number of nitrogens with zero attached hydrogens (tertiary/aromatic N) is 2. The van der Waals surface area contributed by atoms with Crippen LogP contribution in [0.4, 0.5) is 0 Å². The molecule has 0 bridgehead atoms. The smallest absolute Gasteiger partial charge is 0.191 e. The Labute approximate surface area is 208 Å². The van der Waals surface area contributed by atoms with Crippen molar-refractivity contribution in [2.75, 3.05) is 46.1 Å². The van der Waals surface area contributed by atoms with E-state index in [2.05, 4.69) is 32.7 Å². The van der Waals surface area contributed by atoms with Crippen LogP contribution in [-0.4, -0.2) is 65.4 Å². The number of hydrogen-bond acceptors (Lipinski definition) is 5. The molecule has 1 fully saturated rings. The van der Waals surface area contributed by atoms with Crippen LogP contribution in [0, 0.1) is 0 Å². The molecule has 2 aromatic carbocycles. The number of sulfone groups is 1. The Balaban J connectivity index is 0.00000363. The van der Waals surface area contributed by atoms with Gasteiger partial charge in [0.05, 0.1) is 23.8 Å². The van der Waals surface area contributed by atoms with Crippen molar-refractivity contribution in [3.05, 3.63) is 60.2 Å².